The van der Waals surface area contributed by atoms with Crippen molar-refractivity contribution in [2.75, 3.05) is 47.9 Å². The van der Waals surface area contributed by atoms with Gasteiger partial charge >= 0.3 is 6.03 Å². The van der Waals surface area contributed by atoms with Gasteiger partial charge in [-0.1, -0.05) is 43.1 Å². The van der Waals surface area contributed by atoms with Crippen LogP contribution < -0.4 is 19.9 Å². The first-order valence-electron chi connectivity index (χ1n) is 12.1. The van der Waals surface area contributed by atoms with Crippen LogP contribution in [0.3, 0.4) is 0 Å². The van der Waals surface area contributed by atoms with E-state index in [1.807, 2.05) is 31.2 Å². The molecule has 0 saturated heterocycles. The molecule has 0 aliphatic carbocycles. The molecule has 8 nitrogen and oxygen atoms in total. The quantitative estimate of drug-likeness (QED) is 0.337. The van der Waals surface area contributed by atoms with Crippen LogP contribution in [0.4, 0.5) is 27.9 Å². The number of nitrogens with one attached hydrogen (secondary N) is 1. The number of likely N-dealkylation sites (N-methyl/N-ethyl adjacent to an activating group) is 1. The third-order valence-corrected chi connectivity index (χ3v) is 6.70. The average molecular weight is 529 g/mol. The molecule has 190 valence electrons. The number of ether oxygens (including phenoxy) is 1. The lowest BCUT2D eigenvalue weighted by atomic mass is 10.2. The van der Waals surface area contributed by atoms with Crippen LogP contribution in [0, 0.1) is 0 Å². The van der Waals surface area contributed by atoms with Crippen molar-refractivity contribution in [3.8, 4) is 5.75 Å². The second-order valence-corrected chi connectivity index (χ2v) is 9.06. The maximum atomic E-state index is 13.3. The lowest BCUT2D eigenvalue weighted by molar-refractivity contribution is 0.223. The Balaban J connectivity index is 1.48. The Kier molecular flexibility index (Phi) is 8.51. The number of urea groups is 1. The molecule has 4 rings (SSSR count). The Bertz CT molecular complexity index is 1180. The number of aromatic nitrogens is 2. The molecule has 36 heavy (non-hydrogen) atoms. The third-order valence-electron chi connectivity index (χ3n) is 6.09. The zero-order valence-corrected chi connectivity index (χ0v) is 22.2. The molecular weight excluding hydrogens is 499 g/mol. The van der Waals surface area contributed by atoms with Crippen LogP contribution in [0.2, 0.25) is 10.0 Å². The summed E-state index contributed by atoms with van der Waals surface area (Å²) in [7, 11) is 0. The molecule has 0 saturated carbocycles. The first kappa shape index (κ1) is 26.0. The monoisotopic (exact) mass is 528 g/mol. The van der Waals surface area contributed by atoms with E-state index in [-0.39, 0.29) is 12.6 Å². The highest BCUT2D eigenvalue weighted by Gasteiger charge is 2.34. The van der Waals surface area contributed by atoms with Crippen LogP contribution in [0.1, 0.15) is 26.3 Å². The Hall–Kier alpha value is -3.07. The van der Waals surface area contributed by atoms with Gasteiger partial charge < -0.3 is 15.0 Å². The minimum Gasteiger partial charge on any atom is -0.492 e. The van der Waals surface area contributed by atoms with E-state index in [2.05, 4.69) is 34.0 Å². The third kappa shape index (κ3) is 5.67. The van der Waals surface area contributed by atoms with Crippen molar-refractivity contribution < 1.29 is 9.53 Å². The van der Waals surface area contributed by atoms with Gasteiger partial charge in [-0.3, -0.25) is 9.80 Å². The molecule has 0 unspecified atom stereocenters. The van der Waals surface area contributed by atoms with Gasteiger partial charge in [-0.15, -0.1) is 0 Å². The fourth-order valence-electron chi connectivity index (χ4n) is 4.08. The number of hydrogen-bond donors (Lipinski definition) is 1. The topological polar surface area (TPSA) is 73.8 Å². The summed E-state index contributed by atoms with van der Waals surface area (Å²) in [5, 5.41) is 4.04. The molecular formula is C26H30Cl2N6O2. The molecule has 1 aliphatic rings. The maximum absolute atomic E-state index is 13.3. The van der Waals surface area contributed by atoms with Gasteiger partial charge in [0, 0.05) is 30.5 Å². The van der Waals surface area contributed by atoms with Gasteiger partial charge in [0.1, 0.15) is 18.2 Å². The number of anilines is 4. The van der Waals surface area contributed by atoms with Crippen molar-refractivity contribution in [2.45, 2.75) is 27.3 Å². The van der Waals surface area contributed by atoms with E-state index in [9.17, 15) is 4.79 Å². The molecule has 1 aliphatic heterocycles. The summed E-state index contributed by atoms with van der Waals surface area (Å²) < 4.78 is 5.86. The summed E-state index contributed by atoms with van der Waals surface area (Å²) in [6, 6.07) is 12.6. The normalized spacial score (nSPS) is 13.2. The minimum absolute atomic E-state index is 0.240. The lowest BCUT2D eigenvalue weighted by Gasteiger charge is -2.36. The van der Waals surface area contributed by atoms with E-state index >= 15 is 0 Å². The fraction of sp³-hybridized carbons (Fsp3) is 0.346. The number of amides is 2. The van der Waals surface area contributed by atoms with E-state index in [4.69, 9.17) is 27.9 Å². The molecule has 2 amide bonds. The van der Waals surface area contributed by atoms with Gasteiger partial charge in [-0.05, 0) is 56.4 Å². The van der Waals surface area contributed by atoms with Crippen LogP contribution >= 0.6 is 23.2 Å². The Labute approximate surface area is 221 Å². The molecule has 0 spiro atoms. The molecule has 0 radical (unpaired) electrons. The van der Waals surface area contributed by atoms with E-state index < -0.39 is 0 Å². The molecule has 0 bridgehead atoms. The highest BCUT2D eigenvalue weighted by molar-refractivity contribution is 6.40. The predicted octanol–water partition coefficient (Wildman–Crippen LogP) is 6.21. The number of halogens is 2. The van der Waals surface area contributed by atoms with Crippen LogP contribution in [0.15, 0.2) is 48.7 Å². The molecule has 2 aromatic carbocycles. The van der Waals surface area contributed by atoms with Crippen molar-refractivity contribution in [2.24, 2.45) is 0 Å². The van der Waals surface area contributed by atoms with Gasteiger partial charge in [0.2, 0.25) is 5.95 Å². The lowest BCUT2D eigenvalue weighted by Crippen LogP contribution is -2.48. The fourth-order valence-corrected chi connectivity index (χ4v) is 4.68. The Morgan fingerprint density at radius 2 is 1.75 bits per heavy atom. The van der Waals surface area contributed by atoms with Crippen LogP contribution in [0.5, 0.6) is 5.75 Å². The van der Waals surface area contributed by atoms with Crippen LogP contribution in [-0.4, -0.2) is 53.7 Å². The van der Waals surface area contributed by atoms with E-state index in [1.54, 1.807) is 34.2 Å². The van der Waals surface area contributed by atoms with Gasteiger partial charge in [-0.2, -0.15) is 4.98 Å². The van der Waals surface area contributed by atoms with Crippen molar-refractivity contribution in [1.82, 2.24) is 14.9 Å². The standard InChI is InChI=1S/C26H30Cl2N6O2/c1-4-32(5-2)14-15-36-20-12-10-19(11-13-20)30-25-29-16-18-17-34(23-21(27)8-7-9-22(23)28)26(35)33(6-3)24(18)31-25/h7-13,16H,4-6,14-15,17H2,1-3H3,(H,29,30,31). The molecule has 3 aromatic rings. The van der Waals surface area contributed by atoms with E-state index in [0.717, 1.165) is 36.6 Å². The summed E-state index contributed by atoms with van der Waals surface area (Å²) in [5.41, 5.74) is 2.10. The number of para-hydroxylation sites is 1. The maximum Gasteiger partial charge on any atom is 0.330 e. The second kappa shape index (κ2) is 11.8. The highest BCUT2D eigenvalue weighted by atomic mass is 35.5. The molecule has 1 N–H and O–H groups in total. The molecule has 2 heterocycles. The predicted molar refractivity (Wildman–Crippen MR) is 146 cm³/mol. The summed E-state index contributed by atoms with van der Waals surface area (Å²) in [4.78, 5) is 27.9. The number of benzene rings is 2. The zero-order valence-electron chi connectivity index (χ0n) is 20.7. The number of nitrogens with zero attached hydrogens (tertiary/aromatic N) is 5. The van der Waals surface area contributed by atoms with Crippen LogP contribution in [-0.2, 0) is 6.54 Å². The molecule has 1 aromatic heterocycles. The summed E-state index contributed by atoms with van der Waals surface area (Å²) in [6.07, 6.45) is 1.72. The molecule has 0 fully saturated rings. The van der Waals surface area contributed by atoms with Crippen molar-refractivity contribution in [3.05, 3.63) is 64.3 Å². The second-order valence-electron chi connectivity index (χ2n) is 8.25. The first-order valence-corrected chi connectivity index (χ1v) is 12.8. The largest absolute Gasteiger partial charge is 0.492 e. The number of carbonyl (C=O) groups excluding carboxylic acids is 1. The number of carbonyl (C=O) groups is 1. The Morgan fingerprint density at radius 1 is 1.06 bits per heavy atom. The van der Waals surface area contributed by atoms with Gasteiger partial charge in [-0.25, -0.2) is 9.78 Å². The summed E-state index contributed by atoms with van der Waals surface area (Å²) in [6.45, 7) is 10.4. The van der Waals surface area contributed by atoms with Crippen molar-refractivity contribution in [1.29, 1.82) is 0 Å². The smallest absolute Gasteiger partial charge is 0.330 e. The Morgan fingerprint density at radius 3 is 2.39 bits per heavy atom. The highest BCUT2D eigenvalue weighted by Crippen LogP contribution is 2.38. The molecule has 10 heteroatoms. The van der Waals surface area contributed by atoms with Crippen molar-refractivity contribution >= 4 is 52.4 Å². The molecule has 0 atom stereocenters. The number of fused-ring (bicyclic) bond motifs is 1. The van der Waals surface area contributed by atoms with Gasteiger partial charge in [0.25, 0.3) is 0 Å². The minimum atomic E-state index is -0.240. The van der Waals surface area contributed by atoms with E-state index in [0.29, 0.717) is 40.7 Å². The summed E-state index contributed by atoms with van der Waals surface area (Å²) >= 11 is 12.8. The number of hydrogen-bond acceptors (Lipinski definition) is 6. The SMILES string of the molecule is CCN(CC)CCOc1ccc(Nc2ncc3c(n2)N(CC)C(=O)N(c2c(Cl)cccc2Cl)C3)cc1. The first-order chi connectivity index (χ1) is 17.4. The van der Waals surface area contributed by atoms with Gasteiger partial charge in [0.05, 0.1) is 22.3 Å². The van der Waals surface area contributed by atoms with Crippen molar-refractivity contribution in [3.63, 3.8) is 0 Å². The van der Waals surface area contributed by atoms with Crippen LogP contribution in [0.25, 0.3) is 0 Å². The number of rotatable bonds is 10. The van der Waals surface area contributed by atoms with Gasteiger partial charge in [0.15, 0.2) is 0 Å². The summed E-state index contributed by atoms with van der Waals surface area (Å²) in [5.74, 6) is 1.77. The van der Waals surface area contributed by atoms with E-state index in [1.165, 1.54) is 0 Å². The average Bonchev–Trinajstić information content (AvgIpc) is 2.88. The zero-order chi connectivity index (χ0) is 25.7.